The first-order valence-electron chi connectivity index (χ1n) is 7.91. The van der Waals surface area contributed by atoms with E-state index in [0.29, 0.717) is 18.4 Å². The van der Waals surface area contributed by atoms with E-state index in [-0.39, 0.29) is 24.1 Å². The summed E-state index contributed by atoms with van der Waals surface area (Å²) in [4.78, 5) is 22.2. The summed E-state index contributed by atoms with van der Waals surface area (Å²) in [7, 11) is 1.78. The molecule has 1 unspecified atom stereocenters. The normalized spacial score (nSPS) is 19.2. The van der Waals surface area contributed by atoms with Crippen molar-refractivity contribution in [2.24, 2.45) is 5.92 Å². The molecule has 1 aromatic rings. The summed E-state index contributed by atoms with van der Waals surface area (Å²) in [5, 5.41) is 13.5. The van der Waals surface area contributed by atoms with Gasteiger partial charge in [-0.1, -0.05) is 13.8 Å². The van der Waals surface area contributed by atoms with Crippen molar-refractivity contribution in [3.63, 3.8) is 0 Å². The molecular weight excluding hydrogens is 308 g/mol. The van der Waals surface area contributed by atoms with Crippen molar-refractivity contribution in [1.82, 2.24) is 15.3 Å². The molecule has 2 rings (SSSR count). The predicted molar refractivity (Wildman–Crippen MR) is 93.5 cm³/mol. The zero-order valence-electron chi connectivity index (χ0n) is 14.4. The Balaban J connectivity index is 2.21. The number of hydrogen-bond donors (Lipinski definition) is 3. The number of amides is 1. The molecule has 1 aliphatic rings. The first-order valence-corrected chi connectivity index (χ1v) is 7.91. The molecule has 0 spiro atoms. The number of ether oxygens (including phenoxy) is 1. The molecule has 3 N–H and O–H groups in total. The minimum absolute atomic E-state index is 0.0426. The number of nitrogens with one attached hydrogen (secondary N) is 3. The van der Waals surface area contributed by atoms with Crippen LogP contribution < -0.4 is 15.5 Å². The van der Waals surface area contributed by atoms with Crippen LogP contribution in [0.25, 0.3) is 0 Å². The van der Waals surface area contributed by atoms with Crippen LogP contribution in [-0.4, -0.2) is 48.0 Å². The topological polar surface area (TPSA) is 103 Å². The number of rotatable bonds is 7. The molecule has 8 nitrogen and oxygen atoms in total. The Labute approximate surface area is 141 Å². The minimum atomic E-state index is -0.387. The van der Waals surface area contributed by atoms with E-state index in [2.05, 4.69) is 20.6 Å². The van der Waals surface area contributed by atoms with Gasteiger partial charge < -0.3 is 20.8 Å². The van der Waals surface area contributed by atoms with E-state index in [4.69, 9.17) is 10.1 Å². The summed E-state index contributed by atoms with van der Waals surface area (Å²) in [6, 6.07) is 1.49. The summed E-state index contributed by atoms with van der Waals surface area (Å²) in [6.45, 7) is 6.36. The molecule has 0 bridgehead atoms. The van der Waals surface area contributed by atoms with E-state index in [0.717, 1.165) is 5.57 Å². The second-order valence-electron chi connectivity index (χ2n) is 5.94. The molecule has 0 saturated carbocycles. The summed E-state index contributed by atoms with van der Waals surface area (Å²) >= 11 is 0. The van der Waals surface area contributed by atoms with E-state index in [1.165, 1.54) is 6.21 Å². The molecule has 130 valence electrons. The minimum Gasteiger partial charge on any atom is -0.447 e. The quantitative estimate of drug-likeness (QED) is 0.660. The van der Waals surface area contributed by atoms with Gasteiger partial charge in [-0.25, -0.2) is 9.78 Å². The Hall–Kier alpha value is -2.64. The molecule has 0 aliphatic carbocycles. The van der Waals surface area contributed by atoms with Crippen LogP contribution in [0.5, 0.6) is 0 Å². The van der Waals surface area contributed by atoms with Crippen molar-refractivity contribution < 1.29 is 9.53 Å². The maximum Gasteiger partial charge on any atom is 0.415 e. The monoisotopic (exact) mass is 332 g/mol. The third-order valence-electron chi connectivity index (χ3n) is 3.89. The Morgan fingerprint density at radius 2 is 2.25 bits per heavy atom. The standard InChI is InChI=1S/C16H24N6O2/c1-10(2)13-9-24-16(23)22(13)14-5-6-19-15(21-14)20-11(3)12(7-17)8-18-4/h5-8,10-11,13,17-18H,9H2,1-4H3,(H,19,20,21)/b12-8+,17-7?/t11?,13-/m1/s1. The molecule has 2 heterocycles. The van der Waals surface area contributed by atoms with Gasteiger partial charge in [0.05, 0.1) is 12.1 Å². The van der Waals surface area contributed by atoms with E-state index in [9.17, 15) is 4.79 Å². The summed E-state index contributed by atoms with van der Waals surface area (Å²) in [6.07, 6.45) is 4.22. The Morgan fingerprint density at radius 3 is 2.88 bits per heavy atom. The highest BCUT2D eigenvalue weighted by molar-refractivity contribution is 5.89. The van der Waals surface area contributed by atoms with Crippen molar-refractivity contribution in [1.29, 1.82) is 5.41 Å². The fraction of sp³-hybridized carbons (Fsp3) is 0.500. The van der Waals surface area contributed by atoms with E-state index < -0.39 is 0 Å². The third-order valence-corrected chi connectivity index (χ3v) is 3.89. The second kappa shape index (κ2) is 7.76. The molecule has 1 saturated heterocycles. The van der Waals surface area contributed by atoms with Gasteiger partial charge in [0.2, 0.25) is 5.95 Å². The van der Waals surface area contributed by atoms with Gasteiger partial charge in [-0.15, -0.1) is 0 Å². The smallest absolute Gasteiger partial charge is 0.415 e. The highest BCUT2D eigenvalue weighted by Crippen LogP contribution is 2.26. The number of aromatic nitrogens is 2. The van der Waals surface area contributed by atoms with Gasteiger partial charge >= 0.3 is 6.09 Å². The number of anilines is 2. The summed E-state index contributed by atoms with van der Waals surface area (Å²) < 4.78 is 5.16. The van der Waals surface area contributed by atoms with Crippen LogP contribution in [0.3, 0.4) is 0 Å². The summed E-state index contributed by atoms with van der Waals surface area (Å²) in [5.41, 5.74) is 0.757. The van der Waals surface area contributed by atoms with Crippen LogP contribution in [0.2, 0.25) is 0 Å². The van der Waals surface area contributed by atoms with Crippen LogP contribution in [0.1, 0.15) is 20.8 Å². The van der Waals surface area contributed by atoms with Gasteiger partial charge in [0, 0.05) is 31.2 Å². The molecular formula is C16H24N6O2. The van der Waals surface area contributed by atoms with E-state index >= 15 is 0 Å². The Morgan fingerprint density at radius 1 is 1.50 bits per heavy atom. The lowest BCUT2D eigenvalue weighted by atomic mass is 10.0. The maximum atomic E-state index is 12.0. The number of nitrogens with zero attached hydrogens (tertiary/aromatic N) is 3. The number of carbonyl (C=O) groups excluding carboxylic acids is 1. The van der Waals surface area contributed by atoms with Crippen molar-refractivity contribution in [3.8, 4) is 0 Å². The average Bonchev–Trinajstić information content (AvgIpc) is 2.94. The molecule has 1 fully saturated rings. The molecule has 8 heteroatoms. The van der Waals surface area contributed by atoms with Crippen molar-refractivity contribution in [2.75, 3.05) is 23.9 Å². The lowest BCUT2D eigenvalue weighted by Gasteiger charge is -2.23. The highest BCUT2D eigenvalue weighted by atomic mass is 16.6. The molecule has 0 radical (unpaired) electrons. The van der Waals surface area contributed by atoms with Gasteiger partial charge in [-0.05, 0) is 18.9 Å². The first kappa shape index (κ1) is 17.7. The molecule has 2 atom stereocenters. The molecule has 1 amide bonds. The molecule has 0 aromatic carbocycles. The maximum absolute atomic E-state index is 12.0. The van der Waals surface area contributed by atoms with E-state index in [1.54, 1.807) is 30.4 Å². The number of hydrogen-bond acceptors (Lipinski definition) is 7. The Kier molecular flexibility index (Phi) is 5.73. The largest absolute Gasteiger partial charge is 0.447 e. The van der Waals surface area contributed by atoms with E-state index in [1.807, 2.05) is 20.8 Å². The SMILES string of the molecule is CN/C=C(\C=N)C(C)Nc1nccc(N2C(=O)OC[C@@H]2C(C)C)n1. The first-order chi connectivity index (χ1) is 11.5. The zero-order chi connectivity index (χ0) is 17.7. The predicted octanol–water partition coefficient (Wildman–Crippen LogP) is 2.01. The van der Waals surface area contributed by atoms with Crippen LogP contribution in [-0.2, 0) is 4.74 Å². The second-order valence-corrected chi connectivity index (χ2v) is 5.94. The summed E-state index contributed by atoms with van der Waals surface area (Å²) in [5.74, 6) is 1.16. The average molecular weight is 332 g/mol. The van der Waals surface area contributed by atoms with Crippen LogP contribution in [0.15, 0.2) is 24.0 Å². The molecule has 1 aromatic heterocycles. The fourth-order valence-corrected chi connectivity index (χ4v) is 2.48. The van der Waals surface area contributed by atoms with Crippen molar-refractivity contribution in [2.45, 2.75) is 32.9 Å². The van der Waals surface area contributed by atoms with Crippen molar-refractivity contribution in [3.05, 3.63) is 24.0 Å². The lowest BCUT2D eigenvalue weighted by Crippen LogP contribution is -2.38. The lowest BCUT2D eigenvalue weighted by molar-refractivity contribution is 0.177. The highest BCUT2D eigenvalue weighted by Gasteiger charge is 2.37. The number of carbonyl (C=O) groups is 1. The third kappa shape index (κ3) is 3.81. The van der Waals surface area contributed by atoms with Crippen LogP contribution >= 0.6 is 0 Å². The van der Waals surface area contributed by atoms with Gasteiger partial charge in [0.15, 0.2) is 0 Å². The van der Waals surface area contributed by atoms with Crippen molar-refractivity contribution >= 4 is 24.1 Å². The van der Waals surface area contributed by atoms with Gasteiger partial charge in [-0.3, -0.25) is 4.90 Å². The Bertz CT molecular complexity index is 631. The van der Waals surface area contributed by atoms with Crippen LogP contribution in [0, 0.1) is 11.3 Å². The molecule has 24 heavy (non-hydrogen) atoms. The van der Waals surface area contributed by atoms with Gasteiger partial charge in [-0.2, -0.15) is 4.98 Å². The fourth-order valence-electron chi connectivity index (χ4n) is 2.48. The van der Waals surface area contributed by atoms with Gasteiger partial charge in [0.25, 0.3) is 0 Å². The van der Waals surface area contributed by atoms with Crippen LogP contribution in [0.4, 0.5) is 16.6 Å². The number of cyclic esters (lactones) is 1. The zero-order valence-corrected chi connectivity index (χ0v) is 14.4. The van der Waals surface area contributed by atoms with Gasteiger partial charge in [0.1, 0.15) is 12.4 Å². The molecule has 1 aliphatic heterocycles.